The van der Waals surface area contributed by atoms with Crippen molar-refractivity contribution in [2.45, 2.75) is 116 Å². The fraction of sp³-hybridized carbons (Fsp3) is 0.750. The smallest absolute Gasteiger partial charge is 0.329 e. The molecule has 2 rings (SSSR count). The lowest BCUT2D eigenvalue weighted by Crippen LogP contribution is -2.37. The molecule has 1 heterocycles. The first kappa shape index (κ1) is 35.6. The van der Waals surface area contributed by atoms with Crippen LogP contribution < -0.4 is 0 Å². The standard InChI is InChI=1S/C32H57N4O4P/c1-30-29-35(34-33-30)32-24-22-31(23-25-32)21-19-17-15-13-11-9-7-5-6-8-10-12-14-16-18-20-27-39-41(37,38)40-28-26-36(2,3)4/h22-25,29H,5-21,26-28H2,1-4H3/p+1. The van der Waals surface area contributed by atoms with Gasteiger partial charge in [0.1, 0.15) is 13.2 Å². The van der Waals surface area contributed by atoms with Crippen molar-refractivity contribution >= 4 is 7.82 Å². The molecule has 0 saturated heterocycles. The van der Waals surface area contributed by atoms with E-state index in [0.717, 1.165) is 37.1 Å². The fourth-order valence-electron chi connectivity index (χ4n) is 4.84. The van der Waals surface area contributed by atoms with Crippen LogP contribution in [0.5, 0.6) is 0 Å². The van der Waals surface area contributed by atoms with Crippen LogP contribution in [0.25, 0.3) is 5.69 Å². The van der Waals surface area contributed by atoms with E-state index in [1.807, 2.05) is 38.9 Å². The Morgan fingerprint density at radius 2 is 1.20 bits per heavy atom. The molecule has 41 heavy (non-hydrogen) atoms. The molecule has 1 aromatic carbocycles. The summed E-state index contributed by atoms with van der Waals surface area (Å²) in [7, 11) is 2.15. The Balaban J connectivity index is 1.29. The van der Waals surface area contributed by atoms with Crippen molar-refractivity contribution in [2.75, 3.05) is 40.9 Å². The van der Waals surface area contributed by atoms with Crippen molar-refractivity contribution in [3.05, 3.63) is 41.7 Å². The normalized spacial score (nSPS) is 13.5. The summed E-state index contributed by atoms with van der Waals surface area (Å²) in [5.74, 6) is 0. The van der Waals surface area contributed by atoms with Gasteiger partial charge in [-0.15, -0.1) is 5.10 Å². The molecular weight excluding hydrogens is 535 g/mol. The Labute approximate surface area is 250 Å². The summed E-state index contributed by atoms with van der Waals surface area (Å²) >= 11 is 0. The van der Waals surface area contributed by atoms with E-state index in [9.17, 15) is 9.46 Å². The molecule has 0 saturated carbocycles. The SMILES string of the molecule is Cc1cn(-c2ccc(CCCCCCCCCCCCCCCCCCOP(=O)(O)OCC[N+](C)(C)C)cc2)nn1. The molecule has 1 aromatic heterocycles. The van der Waals surface area contributed by atoms with Crippen LogP contribution >= 0.6 is 7.82 Å². The van der Waals surface area contributed by atoms with Gasteiger partial charge in [-0.3, -0.25) is 9.05 Å². The maximum Gasteiger partial charge on any atom is 0.472 e. The van der Waals surface area contributed by atoms with Gasteiger partial charge in [-0.25, -0.2) is 9.25 Å². The van der Waals surface area contributed by atoms with Crippen molar-refractivity contribution in [2.24, 2.45) is 0 Å². The number of aryl methyl sites for hydroxylation is 2. The minimum Gasteiger partial charge on any atom is -0.329 e. The highest BCUT2D eigenvalue weighted by Gasteiger charge is 2.21. The van der Waals surface area contributed by atoms with Crippen LogP contribution in [-0.4, -0.2) is 65.3 Å². The van der Waals surface area contributed by atoms with Gasteiger partial charge in [0.15, 0.2) is 0 Å². The molecule has 2 aromatic rings. The third kappa shape index (κ3) is 18.6. The molecule has 0 aliphatic rings. The summed E-state index contributed by atoms with van der Waals surface area (Å²) in [6.07, 6.45) is 23.5. The lowest BCUT2D eigenvalue weighted by molar-refractivity contribution is -0.870. The van der Waals surface area contributed by atoms with E-state index in [-0.39, 0.29) is 6.61 Å². The largest absolute Gasteiger partial charge is 0.472 e. The number of quaternary nitrogens is 1. The summed E-state index contributed by atoms with van der Waals surface area (Å²) in [6, 6.07) is 8.70. The highest BCUT2D eigenvalue weighted by Crippen LogP contribution is 2.43. The quantitative estimate of drug-likeness (QED) is 0.0709. The molecule has 1 atom stereocenters. The van der Waals surface area contributed by atoms with E-state index in [4.69, 9.17) is 9.05 Å². The second kappa shape index (κ2) is 20.4. The lowest BCUT2D eigenvalue weighted by atomic mass is 10.0. The minimum absolute atomic E-state index is 0.224. The van der Waals surface area contributed by atoms with Crippen molar-refractivity contribution in [3.8, 4) is 5.69 Å². The lowest BCUT2D eigenvalue weighted by Gasteiger charge is -2.24. The van der Waals surface area contributed by atoms with E-state index in [0.29, 0.717) is 17.6 Å². The predicted molar refractivity (Wildman–Crippen MR) is 168 cm³/mol. The van der Waals surface area contributed by atoms with Gasteiger partial charge in [0, 0.05) is 0 Å². The number of benzene rings is 1. The van der Waals surface area contributed by atoms with Gasteiger partial charge in [0.05, 0.1) is 45.3 Å². The van der Waals surface area contributed by atoms with Gasteiger partial charge < -0.3 is 9.38 Å². The van der Waals surface area contributed by atoms with E-state index >= 15 is 0 Å². The average Bonchev–Trinajstić information content (AvgIpc) is 3.35. The first-order valence-corrected chi connectivity index (χ1v) is 17.5. The molecule has 0 fully saturated rings. The summed E-state index contributed by atoms with van der Waals surface area (Å²) < 4.78 is 24.5. The molecule has 0 spiro atoms. The van der Waals surface area contributed by atoms with E-state index < -0.39 is 7.82 Å². The van der Waals surface area contributed by atoms with Crippen LogP contribution in [0.2, 0.25) is 0 Å². The zero-order chi connectivity index (χ0) is 29.8. The predicted octanol–water partition coefficient (Wildman–Crippen LogP) is 8.20. The third-order valence-electron chi connectivity index (χ3n) is 7.44. The molecule has 0 bridgehead atoms. The van der Waals surface area contributed by atoms with Gasteiger partial charge in [0.2, 0.25) is 0 Å². The number of phosphoric acid groups is 1. The molecule has 8 nitrogen and oxygen atoms in total. The maximum absolute atomic E-state index is 11.9. The van der Waals surface area contributed by atoms with Crippen LogP contribution in [0.4, 0.5) is 0 Å². The number of unbranched alkanes of at least 4 members (excludes halogenated alkanes) is 15. The van der Waals surface area contributed by atoms with Crippen LogP contribution in [0, 0.1) is 6.92 Å². The number of aromatic nitrogens is 3. The maximum atomic E-state index is 11.9. The number of hydrogen-bond donors (Lipinski definition) is 1. The average molecular weight is 594 g/mol. The highest BCUT2D eigenvalue weighted by molar-refractivity contribution is 7.47. The Morgan fingerprint density at radius 3 is 1.66 bits per heavy atom. The highest BCUT2D eigenvalue weighted by atomic mass is 31.2. The molecule has 0 radical (unpaired) electrons. The minimum atomic E-state index is -3.90. The van der Waals surface area contributed by atoms with Gasteiger partial charge >= 0.3 is 7.82 Å². The monoisotopic (exact) mass is 593 g/mol. The molecule has 234 valence electrons. The Morgan fingerprint density at radius 1 is 0.732 bits per heavy atom. The van der Waals surface area contributed by atoms with E-state index in [1.165, 1.54) is 89.0 Å². The van der Waals surface area contributed by atoms with Gasteiger partial charge in [0.25, 0.3) is 0 Å². The van der Waals surface area contributed by atoms with Gasteiger partial charge in [-0.2, -0.15) is 0 Å². The molecule has 0 aliphatic carbocycles. The molecule has 9 heteroatoms. The van der Waals surface area contributed by atoms with Gasteiger partial charge in [-0.1, -0.05) is 107 Å². The third-order valence-corrected chi connectivity index (χ3v) is 8.46. The van der Waals surface area contributed by atoms with Crippen molar-refractivity contribution in [1.82, 2.24) is 15.0 Å². The summed E-state index contributed by atoms with van der Waals surface area (Å²) in [6.45, 7) is 3.14. The molecule has 1 unspecified atom stereocenters. The van der Waals surface area contributed by atoms with Crippen LogP contribution in [0.3, 0.4) is 0 Å². The summed E-state index contributed by atoms with van der Waals surface area (Å²) in [5.41, 5.74) is 3.41. The number of phosphoric ester groups is 1. The van der Waals surface area contributed by atoms with Crippen molar-refractivity contribution < 1.29 is 23.0 Å². The number of hydrogen-bond acceptors (Lipinski definition) is 5. The Hall–Kier alpha value is -1.57. The Bertz CT molecular complexity index is 975. The van der Waals surface area contributed by atoms with Gasteiger partial charge in [-0.05, 0) is 43.9 Å². The topological polar surface area (TPSA) is 86.5 Å². The van der Waals surface area contributed by atoms with Crippen molar-refractivity contribution in [1.29, 1.82) is 0 Å². The number of rotatable bonds is 25. The fourth-order valence-corrected chi connectivity index (χ4v) is 5.59. The van der Waals surface area contributed by atoms with Crippen LogP contribution in [-0.2, 0) is 20.0 Å². The van der Waals surface area contributed by atoms with E-state index in [1.54, 1.807) is 0 Å². The Kier molecular flexibility index (Phi) is 17.7. The molecule has 1 N–H and O–H groups in total. The second-order valence-corrected chi connectivity index (χ2v) is 14.0. The second-order valence-electron chi connectivity index (χ2n) is 12.5. The zero-order valence-corrected chi connectivity index (χ0v) is 27.3. The van der Waals surface area contributed by atoms with E-state index in [2.05, 4.69) is 34.6 Å². The molecular formula is C32H58N4O4P+. The summed E-state index contributed by atoms with van der Waals surface area (Å²) in [4.78, 5) is 9.72. The number of nitrogens with zero attached hydrogens (tertiary/aromatic N) is 4. The van der Waals surface area contributed by atoms with Crippen LogP contribution in [0.15, 0.2) is 30.5 Å². The molecule has 0 amide bonds. The van der Waals surface area contributed by atoms with Crippen LogP contribution in [0.1, 0.15) is 114 Å². The first-order valence-electron chi connectivity index (χ1n) is 16.1. The summed E-state index contributed by atoms with van der Waals surface area (Å²) in [5, 5.41) is 8.19. The zero-order valence-electron chi connectivity index (χ0n) is 26.4. The molecule has 0 aliphatic heterocycles. The van der Waals surface area contributed by atoms with Crippen molar-refractivity contribution in [3.63, 3.8) is 0 Å². The first-order chi connectivity index (χ1) is 19.6. The number of likely N-dealkylation sites (N-methyl/N-ethyl adjacent to an activating group) is 1.